The molecule has 0 saturated carbocycles. The van der Waals surface area contributed by atoms with Gasteiger partial charge in [-0.25, -0.2) is 9.59 Å². The number of alkyl halides is 6. The number of carboxylic acid groups (broad SMARTS) is 2. The van der Waals surface area contributed by atoms with Crippen LogP contribution in [-0.4, -0.2) is 81.4 Å². The number of hydrogen-bond donors (Lipinski definition) is 2. The molecule has 0 aromatic carbocycles. The summed E-state index contributed by atoms with van der Waals surface area (Å²) in [5.41, 5.74) is 1.07. The number of rotatable bonds is 3. The number of amides is 1. The van der Waals surface area contributed by atoms with Crippen molar-refractivity contribution < 1.29 is 55.4 Å². The van der Waals surface area contributed by atoms with Gasteiger partial charge in [-0.3, -0.25) is 14.7 Å². The summed E-state index contributed by atoms with van der Waals surface area (Å²) in [6, 6.07) is 7.68. The summed E-state index contributed by atoms with van der Waals surface area (Å²) in [7, 11) is 0. The van der Waals surface area contributed by atoms with E-state index in [1.165, 1.54) is 0 Å². The lowest BCUT2D eigenvalue weighted by Crippen LogP contribution is -2.61. The third-order valence-electron chi connectivity index (χ3n) is 5.84. The number of hydrogen-bond acceptors (Lipinski definition) is 6. The second-order valence-electron chi connectivity index (χ2n) is 8.79. The van der Waals surface area contributed by atoms with Gasteiger partial charge in [0.2, 0.25) is 0 Å². The van der Waals surface area contributed by atoms with Gasteiger partial charge in [-0.1, -0.05) is 0 Å². The summed E-state index contributed by atoms with van der Waals surface area (Å²) in [6.07, 6.45) is -4.49. The number of furan rings is 1. The Morgan fingerprint density at radius 3 is 1.79 bits per heavy atom. The van der Waals surface area contributed by atoms with Crippen molar-refractivity contribution in [3.8, 4) is 0 Å². The second-order valence-corrected chi connectivity index (χ2v) is 8.79. The average molecular weight is 553 g/mol. The van der Waals surface area contributed by atoms with Crippen LogP contribution in [0.15, 0.2) is 41.1 Å². The minimum Gasteiger partial charge on any atom is -0.475 e. The van der Waals surface area contributed by atoms with Gasteiger partial charge >= 0.3 is 24.3 Å². The van der Waals surface area contributed by atoms with Crippen molar-refractivity contribution in [2.24, 2.45) is 5.41 Å². The molecule has 15 heteroatoms. The summed E-state index contributed by atoms with van der Waals surface area (Å²) >= 11 is 0. The average Bonchev–Trinajstić information content (AvgIpc) is 3.22. The Balaban J connectivity index is 0.000000301. The van der Waals surface area contributed by atoms with E-state index < -0.39 is 24.3 Å². The zero-order chi connectivity index (χ0) is 28.7. The Bertz CT molecular complexity index is 1060. The smallest absolute Gasteiger partial charge is 0.475 e. The molecule has 0 unspecified atom stereocenters. The number of pyridine rings is 1. The van der Waals surface area contributed by atoms with Gasteiger partial charge in [0.15, 0.2) is 0 Å². The van der Waals surface area contributed by atoms with E-state index in [1.54, 1.807) is 24.5 Å². The van der Waals surface area contributed by atoms with E-state index in [-0.39, 0.29) is 5.91 Å². The standard InChI is InChI=1S/C19H23N3O2.2C2HF3O2/c1-15-2-3-17(24-15)12-21-10-6-19(7-11-21)13-22(14-19)18(23)16-4-8-20-9-5-16;2*3-2(4,5)1(6)7/h2-5,8-9H,6-7,10-14H2,1H3;2*(H,6,7). The summed E-state index contributed by atoms with van der Waals surface area (Å²) in [4.78, 5) is 38.6. The number of aliphatic carboxylic acids is 2. The first kappa shape index (κ1) is 30.6. The summed E-state index contributed by atoms with van der Waals surface area (Å²) in [5.74, 6) is -3.36. The van der Waals surface area contributed by atoms with Crippen LogP contribution in [0.4, 0.5) is 26.3 Å². The molecule has 2 saturated heterocycles. The fourth-order valence-corrected chi connectivity index (χ4v) is 3.88. The highest BCUT2D eigenvalue weighted by molar-refractivity contribution is 5.94. The van der Waals surface area contributed by atoms with Gasteiger partial charge in [0.05, 0.1) is 6.54 Å². The van der Waals surface area contributed by atoms with Crippen molar-refractivity contribution in [1.82, 2.24) is 14.8 Å². The van der Waals surface area contributed by atoms with E-state index in [1.807, 2.05) is 17.9 Å². The van der Waals surface area contributed by atoms with Gasteiger partial charge < -0.3 is 19.5 Å². The van der Waals surface area contributed by atoms with E-state index in [4.69, 9.17) is 24.2 Å². The number of carbonyl (C=O) groups excluding carboxylic acids is 1. The SMILES string of the molecule is Cc1ccc(CN2CCC3(CC2)CN(C(=O)c2ccncc2)C3)o1.O=C(O)C(F)(F)F.O=C(O)C(F)(F)F. The third-order valence-corrected chi connectivity index (χ3v) is 5.84. The molecular formula is C23H25F6N3O6. The van der Waals surface area contributed by atoms with E-state index in [0.29, 0.717) is 5.41 Å². The molecule has 0 atom stereocenters. The van der Waals surface area contributed by atoms with Crippen molar-refractivity contribution >= 4 is 17.8 Å². The number of aromatic nitrogens is 1. The highest BCUT2D eigenvalue weighted by atomic mass is 19.4. The molecule has 2 aromatic rings. The topological polar surface area (TPSA) is 124 Å². The molecule has 210 valence electrons. The Morgan fingerprint density at radius 1 is 0.921 bits per heavy atom. The zero-order valence-electron chi connectivity index (χ0n) is 20.1. The van der Waals surface area contributed by atoms with Crippen LogP contribution in [0.1, 0.15) is 34.7 Å². The monoisotopic (exact) mass is 553 g/mol. The van der Waals surface area contributed by atoms with Crippen molar-refractivity contribution in [3.05, 3.63) is 53.7 Å². The summed E-state index contributed by atoms with van der Waals surface area (Å²) in [6.45, 7) is 6.82. The Morgan fingerprint density at radius 2 is 1.39 bits per heavy atom. The molecular weight excluding hydrogens is 528 g/mol. The molecule has 2 fully saturated rings. The minimum absolute atomic E-state index is 0.136. The number of aryl methyl sites for hydroxylation is 1. The van der Waals surface area contributed by atoms with E-state index in [9.17, 15) is 31.1 Å². The summed E-state index contributed by atoms with van der Waals surface area (Å²) in [5, 5.41) is 14.2. The molecule has 2 aliphatic heterocycles. The molecule has 4 heterocycles. The fraction of sp³-hybridized carbons (Fsp3) is 0.478. The molecule has 38 heavy (non-hydrogen) atoms. The normalized spacial score (nSPS) is 16.9. The van der Waals surface area contributed by atoms with Crippen LogP contribution in [0.5, 0.6) is 0 Å². The lowest BCUT2D eigenvalue weighted by molar-refractivity contribution is -0.193. The van der Waals surface area contributed by atoms with Crippen LogP contribution in [0.25, 0.3) is 0 Å². The van der Waals surface area contributed by atoms with Crippen molar-refractivity contribution in [2.45, 2.75) is 38.7 Å². The largest absolute Gasteiger partial charge is 0.490 e. The molecule has 1 spiro atoms. The Hall–Kier alpha value is -3.62. The molecule has 2 aliphatic rings. The molecule has 0 aliphatic carbocycles. The molecule has 1 amide bonds. The second kappa shape index (κ2) is 12.3. The van der Waals surface area contributed by atoms with E-state index in [0.717, 1.165) is 62.6 Å². The van der Waals surface area contributed by atoms with Gasteiger partial charge in [-0.15, -0.1) is 0 Å². The number of carbonyl (C=O) groups is 3. The lowest BCUT2D eigenvalue weighted by Gasteiger charge is -2.54. The molecule has 2 N–H and O–H groups in total. The molecule has 9 nitrogen and oxygen atoms in total. The van der Waals surface area contributed by atoms with E-state index in [2.05, 4.69) is 16.0 Å². The summed E-state index contributed by atoms with van der Waals surface area (Å²) < 4.78 is 69.1. The first-order valence-corrected chi connectivity index (χ1v) is 11.1. The Kier molecular flexibility index (Phi) is 9.89. The Labute approximate surface area is 212 Å². The van der Waals surface area contributed by atoms with Crippen LogP contribution in [0.2, 0.25) is 0 Å². The predicted molar refractivity (Wildman–Crippen MR) is 118 cm³/mol. The van der Waals surface area contributed by atoms with Gasteiger partial charge in [0.1, 0.15) is 11.5 Å². The number of nitrogens with zero attached hydrogens (tertiary/aromatic N) is 3. The maximum absolute atomic E-state index is 12.4. The van der Waals surface area contributed by atoms with Crippen molar-refractivity contribution in [1.29, 1.82) is 0 Å². The van der Waals surface area contributed by atoms with Crippen molar-refractivity contribution in [3.63, 3.8) is 0 Å². The predicted octanol–water partition coefficient (Wildman–Crippen LogP) is 3.99. The first-order valence-electron chi connectivity index (χ1n) is 11.1. The van der Waals surface area contributed by atoms with Crippen molar-refractivity contribution in [2.75, 3.05) is 26.2 Å². The zero-order valence-corrected chi connectivity index (χ0v) is 20.1. The van der Waals surface area contributed by atoms with Crippen LogP contribution in [0, 0.1) is 12.3 Å². The number of likely N-dealkylation sites (tertiary alicyclic amines) is 2. The van der Waals surface area contributed by atoms with E-state index >= 15 is 0 Å². The van der Waals surface area contributed by atoms with Gasteiger partial charge in [0, 0.05) is 36.5 Å². The molecule has 4 rings (SSSR count). The molecule has 0 bridgehead atoms. The highest BCUT2D eigenvalue weighted by Crippen LogP contribution is 2.41. The maximum atomic E-state index is 12.4. The quantitative estimate of drug-likeness (QED) is 0.547. The van der Waals surface area contributed by atoms with Crippen LogP contribution < -0.4 is 0 Å². The molecule has 2 aromatic heterocycles. The fourth-order valence-electron chi connectivity index (χ4n) is 3.88. The minimum atomic E-state index is -5.08. The molecule has 0 radical (unpaired) electrons. The van der Waals surface area contributed by atoms with Gasteiger partial charge in [-0.2, -0.15) is 26.3 Å². The lowest BCUT2D eigenvalue weighted by atomic mass is 9.71. The number of carboxylic acids is 2. The van der Waals surface area contributed by atoms with Gasteiger partial charge in [-0.05, 0) is 57.1 Å². The van der Waals surface area contributed by atoms with Gasteiger partial charge in [0.25, 0.3) is 5.91 Å². The first-order chi connectivity index (χ1) is 17.5. The number of halogens is 6. The third kappa shape index (κ3) is 9.04. The van der Waals surface area contributed by atoms with Crippen LogP contribution in [-0.2, 0) is 16.1 Å². The maximum Gasteiger partial charge on any atom is 0.490 e. The number of piperidine rings is 1. The van der Waals surface area contributed by atoms with Crippen LogP contribution >= 0.6 is 0 Å². The van der Waals surface area contributed by atoms with Crippen LogP contribution in [0.3, 0.4) is 0 Å². The highest BCUT2D eigenvalue weighted by Gasteiger charge is 2.46.